The van der Waals surface area contributed by atoms with E-state index in [9.17, 15) is 14.3 Å². The fourth-order valence-electron chi connectivity index (χ4n) is 1.56. The molecule has 0 aromatic heterocycles. The second-order valence-corrected chi connectivity index (χ2v) is 7.17. The normalized spacial score (nSPS) is 14.3. The minimum Gasteiger partial charge on any atom is -0.756 e. The average Bonchev–Trinajstić information content (AvgIpc) is 2.42. The van der Waals surface area contributed by atoms with E-state index in [2.05, 4.69) is 11.1 Å². The van der Waals surface area contributed by atoms with Crippen LogP contribution in [0.4, 0.5) is 0 Å². The van der Waals surface area contributed by atoms with Crippen LogP contribution in [0.25, 0.3) is 0 Å². The van der Waals surface area contributed by atoms with Crippen molar-refractivity contribution < 1.29 is 37.3 Å². The number of phosphoric ester groups is 1. The molecule has 0 bridgehead atoms. The first-order valence-corrected chi connectivity index (χ1v) is 8.79. The Morgan fingerprint density at radius 1 is 1.13 bits per heavy atom. The van der Waals surface area contributed by atoms with Crippen LogP contribution in [-0.4, -0.2) is 71.2 Å². The van der Waals surface area contributed by atoms with E-state index >= 15 is 0 Å². The largest absolute Gasteiger partial charge is 0.756 e. The molecule has 0 aromatic carbocycles. The van der Waals surface area contributed by atoms with E-state index in [-0.39, 0.29) is 19.8 Å². The molecule has 0 aliphatic rings. The number of carbonyl (C=O) groups excluding carboxylic acids is 1. The Bertz CT molecular complexity index is 425. The lowest BCUT2D eigenvalue weighted by molar-refractivity contribution is -0.890. The van der Waals surface area contributed by atoms with Gasteiger partial charge in [0.15, 0.2) is 0 Å². The number of phosphoric acid groups is 1. The fraction of sp³-hybridized carbons (Fsp3) is 0.786. The molecule has 1 unspecified atom stereocenters. The highest BCUT2D eigenvalue weighted by molar-refractivity contribution is 7.45. The summed E-state index contributed by atoms with van der Waals surface area (Å²) in [6, 6.07) is 0. The van der Waals surface area contributed by atoms with Gasteiger partial charge in [0.1, 0.15) is 13.2 Å². The maximum absolute atomic E-state index is 11.4. The lowest BCUT2D eigenvalue weighted by Gasteiger charge is -2.31. The van der Waals surface area contributed by atoms with E-state index in [1.807, 2.05) is 14.1 Å². The van der Waals surface area contributed by atoms with E-state index in [0.29, 0.717) is 36.2 Å². The molecular weight excluding hydrogens is 325 g/mol. The van der Waals surface area contributed by atoms with Crippen LogP contribution in [-0.2, 0) is 27.9 Å². The Morgan fingerprint density at radius 3 is 2.30 bits per heavy atom. The molecule has 8 nitrogen and oxygen atoms in total. The molecule has 0 aliphatic heterocycles. The minimum atomic E-state index is -4.28. The second kappa shape index (κ2) is 10.9. The topological polar surface area (TPSA) is 94.1 Å². The van der Waals surface area contributed by atoms with Crippen molar-refractivity contribution in [2.24, 2.45) is 0 Å². The van der Waals surface area contributed by atoms with Crippen LogP contribution in [0.5, 0.6) is 0 Å². The van der Waals surface area contributed by atoms with Gasteiger partial charge in [-0.05, 0) is 6.92 Å². The number of likely N-dealkylation sites (N-methyl/N-ethyl adjacent to an activating group) is 1. The number of ether oxygens (including phenoxy) is 2. The first kappa shape index (κ1) is 22.2. The van der Waals surface area contributed by atoms with Gasteiger partial charge in [0.25, 0.3) is 7.82 Å². The number of hydrogen-bond donors (Lipinski definition) is 0. The molecule has 0 radical (unpaired) electrons. The molecule has 0 heterocycles. The SMILES string of the molecule is C=C(C)C(=O)OCCC[N+](C)(C)CCOP(=O)([O-])OCCOC. The first-order valence-electron chi connectivity index (χ1n) is 7.33. The van der Waals surface area contributed by atoms with Gasteiger partial charge in [0.05, 0.1) is 40.5 Å². The molecule has 0 amide bonds. The third-order valence-electron chi connectivity index (χ3n) is 2.97. The molecule has 0 saturated carbocycles. The van der Waals surface area contributed by atoms with Crippen LogP contribution < -0.4 is 4.89 Å². The maximum Gasteiger partial charge on any atom is 0.333 e. The first-order chi connectivity index (χ1) is 10.6. The Morgan fingerprint density at radius 2 is 1.74 bits per heavy atom. The molecule has 0 saturated heterocycles. The van der Waals surface area contributed by atoms with E-state index in [0.717, 1.165) is 0 Å². The van der Waals surface area contributed by atoms with Crippen molar-refractivity contribution >= 4 is 13.8 Å². The molecule has 1 atom stereocenters. The van der Waals surface area contributed by atoms with Crippen LogP contribution in [0.15, 0.2) is 12.2 Å². The lowest BCUT2D eigenvalue weighted by atomic mass is 10.3. The van der Waals surface area contributed by atoms with Crippen molar-refractivity contribution in [1.29, 1.82) is 0 Å². The van der Waals surface area contributed by atoms with Crippen molar-refractivity contribution in [3.05, 3.63) is 12.2 Å². The Balaban J connectivity index is 3.92. The quantitative estimate of drug-likeness (QED) is 0.158. The monoisotopic (exact) mass is 353 g/mol. The highest BCUT2D eigenvalue weighted by Gasteiger charge is 2.17. The Hall–Kier alpha value is -0.760. The van der Waals surface area contributed by atoms with Crippen LogP contribution in [0.2, 0.25) is 0 Å². The van der Waals surface area contributed by atoms with E-state index < -0.39 is 13.8 Å². The summed E-state index contributed by atoms with van der Waals surface area (Å²) in [7, 11) is 1.04. The summed E-state index contributed by atoms with van der Waals surface area (Å²) in [6.45, 7) is 6.72. The predicted molar refractivity (Wildman–Crippen MR) is 83.6 cm³/mol. The van der Waals surface area contributed by atoms with Crippen LogP contribution in [0, 0.1) is 0 Å². The second-order valence-electron chi connectivity index (χ2n) is 5.76. The molecule has 9 heteroatoms. The number of nitrogens with zero attached hydrogens (tertiary/aromatic N) is 1. The zero-order valence-electron chi connectivity index (χ0n) is 14.4. The summed E-state index contributed by atoms with van der Waals surface area (Å²) in [5.41, 5.74) is 0.367. The molecule has 0 fully saturated rings. The summed E-state index contributed by atoms with van der Waals surface area (Å²) in [4.78, 5) is 22.7. The van der Waals surface area contributed by atoms with Crippen molar-refractivity contribution in [1.82, 2.24) is 0 Å². The molecule has 0 aliphatic carbocycles. The zero-order valence-corrected chi connectivity index (χ0v) is 15.3. The van der Waals surface area contributed by atoms with Crippen molar-refractivity contribution in [3.63, 3.8) is 0 Å². The number of esters is 1. The van der Waals surface area contributed by atoms with Gasteiger partial charge >= 0.3 is 5.97 Å². The van der Waals surface area contributed by atoms with Crippen LogP contribution in [0.1, 0.15) is 13.3 Å². The average molecular weight is 353 g/mol. The highest BCUT2D eigenvalue weighted by atomic mass is 31.2. The summed E-state index contributed by atoms with van der Waals surface area (Å²) in [6.07, 6.45) is 0.658. The number of carbonyl (C=O) groups is 1. The molecule has 23 heavy (non-hydrogen) atoms. The smallest absolute Gasteiger partial charge is 0.333 e. The highest BCUT2D eigenvalue weighted by Crippen LogP contribution is 2.37. The van der Waals surface area contributed by atoms with Crippen molar-refractivity contribution in [2.75, 3.05) is 60.7 Å². The molecule has 0 spiro atoms. The number of hydrogen-bond acceptors (Lipinski definition) is 7. The maximum atomic E-state index is 11.4. The predicted octanol–water partition coefficient (Wildman–Crippen LogP) is 0.720. The van der Waals surface area contributed by atoms with Gasteiger partial charge in [-0.2, -0.15) is 0 Å². The van der Waals surface area contributed by atoms with Gasteiger partial charge in [0.2, 0.25) is 0 Å². The molecule has 136 valence electrons. The molecule has 0 rings (SSSR count). The number of rotatable bonds is 13. The minimum absolute atomic E-state index is 0.0202. The van der Waals surface area contributed by atoms with Crippen LogP contribution in [0.3, 0.4) is 0 Å². The fourth-order valence-corrected chi connectivity index (χ4v) is 2.24. The molecule has 0 aromatic rings. The van der Waals surface area contributed by atoms with Gasteiger partial charge in [-0.25, -0.2) is 4.79 Å². The summed E-state index contributed by atoms with van der Waals surface area (Å²) >= 11 is 0. The van der Waals surface area contributed by atoms with Crippen LogP contribution >= 0.6 is 7.82 Å². The number of quaternary nitrogens is 1. The Labute approximate surface area is 138 Å². The van der Waals surface area contributed by atoms with Gasteiger partial charge in [-0.3, -0.25) is 4.57 Å². The third kappa shape index (κ3) is 12.3. The third-order valence-corrected chi connectivity index (χ3v) is 3.97. The summed E-state index contributed by atoms with van der Waals surface area (Å²) < 4.78 is 31.1. The lowest BCUT2D eigenvalue weighted by Crippen LogP contribution is -2.43. The molecule has 0 N–H and O–H groups in total. The summed E-state index contributed by atoms with van der Waals surface area (Å²) in [5, 5.41) is 0. The van der Waals surface area contributed by atoms with Gasteiger partial charge in [-0.15, -0.1) is 0 Å². The number of methoxy groups -OCH3 is 1. The van der Waals surface area contributed by atoms with Gasteiger partial charge in [0, 0.05) is 19.1 Å². The van der Waals surface area contributed by atoms with E-state index in [1.54, 1.807) is 6.92 Å². The standard InChI is InChI=1S/C14H28NO7P/c1-13(2)14(16)20-9-6-7-15(3,4)8-10-21-23(17,18)22-12-11-19-5/h1,6-12H2,2-5H3. The summed E-state index contributed by atoms with van der Waals surface area (Å²) in [5.74, 6) is -0.404. The van der Waals surface area contributed by atoms with Gasteiger partial charge < -0.3 is 27.9 Å². The molecular formula is C14H28NO7P. The van der Waals surface area contributed by atoms with E-state index in [4.69, 9.17) is 14.0 Å². The van der Waals surface area contributed by atoms with Crippen molar-refractivity contribution in [2.45, 2.75) is 13.3 Å². The zero-order chi connectivity index (χ0) is 17.9. The van der Waals surface area contributed by atoms with Gasteiger partial charge in [-0.1, -0.05) is 6.58 Å². The van der Waals surface area contributed by atoms with Crippen molar-refractivity contribution in [3.8, 4) is 0 Å². The Kier molecular flexibility index (Phi) is 10.6. The van der Waals surface area contributed by atoms with E-state index in [1.165, 1.54) is 7.11 Å².